The lowest BCUT2D eigenvalue weighted by atomic mass is 10.0. The molecule has 114 valence electrons. The second kappa shape index (κ2) is 6.89. The molecular formula is C14H25ClN4O. The fourth-order valence-electron chi connectivity index (χ4n) is 2.67. The molecule has 0 spiro atoms. The maximum atomic E-state index is 6.38. The molecule has 2 atom stereocenters. The first-order chi connectivity index (χ1) is 9.56. The number of rotatable bonds is 5. The molecule has 20 heavy (non-hydrogen) atoms. The van der Waals surface area contributed by atoms with E-state index in [4.69, 9.17) is 22.1 Å². The molecule has 0 amide bonds. The Morgan fingerprint density at radius 3 is 2.85 bits per heavy atom. The molecule has 0 saturated carbocycles. The minimum atomic E-state index is -0.0537. The highest BCUT2D eigenvalue weighted by Crippen LogP contribution is 2.23. The molecule has 1 aliphatic heterocycles. The summed E-state index contributed by atoms with van der Waals surface area (Å²) in [5.74, 6) is 0. The molecule has 0 aromatic carbocycles. The summed E-state index contributed by atoms with van der Waals surface area (Å²) in [5, 5.41) is 5.19. The van der Waals surface area contributed by atoms with Gasteiger partial charge in [-0.05, 0) is 13.0 Å². The zero-order valence-corrected chi connectivity index (χ0v) is 13.4. The Kier molecular flexibility index (Phi) is 5.43. The van der Waals surface area contributed by atoms with Crippen molar-refractivity contribution in [2.75, 3.05) is 26.2 Å². The smallest absolute Gasteiger partial charge is 0.0856 e. The Bertz CT molecular complexity index is 449. The van der Waals surface area contributed by atoms with Crippen LogP contribution >= 0.6 is 11.6 Å². The van der Waals surface area contributed by atoms with E-state index in [2.05, 4.69) is 23.8 Å². The van der Waals surface area contributed by atoms with Gasteiger partial charge in [-0.15, -0.1) is 0 Å². The third-order valence-electron chi connectivity index (χ3n) is 4.03. The van der Waals surface area contributed by atoms with Gasteiger partial charge in [0.05, 0.1) is 29.1 Å². The van der Waals surface area contributed by atoms with E-state index in [0.717, 1.165) is 49.1 Å². The van der Waals surface area contributed by atoms with E-state index >= 15 is 0 Å². The lowest BCUT2D eigenvalue weighted by Gasteiger charge is -2.35. The molecule has 1 aromatic heterocycles. The molecule has 2 N–H and O–H groups in total. The molecule has 1 saturated heterocycles. The van der Waals surface area contributed by atoms with E-state index in [9.17, 15) is 0 Å². The summed E-state index contributed by atoms with van der Waals surface area (Å²) in [6.45, 7) is 7.91. The van der Waals surface area contributed by atoms with Gasteiger partial charge in [-0.2, -0.15) is 5.10 Å². The predicted molar refractivity (Wildman–Crippen MR) is 81.1 cm³/mol. The normalized spacial score (nSPS) is 22.1. The highest BCUT2D eigenvalue weighted by Gasteiger charge is 2.27. The number of aryl methyl sites for hydroxylation is 2. The molecule has 0 bridgehead atoms. The second-order valence-electron chi connectivity index (χ2n) is 5.35. The van der Waals surface area contributed by atoms with Crippen LogP contribution in [0.2, 0.25) is 5.02 Å². The van der Waals surface area contributed by atoms with Gasteiger partial charge in [0.1, 0.15) is 0 Å². The van der Waals surface area contributed by atoms with Crippen LogP contribution in [0.5, 0.6) is 0 Å². The van der Waals surface area contributed by atoms with Crippen LogP contribution < -0.4 is 5.73 Å². The van der Waals surface area contributed by atoms with Crippen LogP contribution in [-0.4, -0.2) is 53.1 Å². The molecule has 1 aliphatic rings. The van der Waals surface area contributed by atoms with Gasteiger partial charge in [-0.1, -0.05) is 25.4 Å². The number of ether oxygens (including phenoxy) is 1. The zero-order chi connectivity index (χ0) is 14.7. The number of nitrogens with zero attached hydrogens (tertiary/aromatic N) is 3. The summed E-state index contributed by atoms with van der Waals surface area (Å²) in [5.41, 5.74) is 8.28. The minimum absolute atomic E-state index is 0.0537. The number of aromatic nitrogens is 2. The van der Waals surface area contributed by atoms with Crippen LogP contribution in [-0.2, 0) is 24.6 Å². The summed E-state index contributed by atoms with van der Waals surface area (Å²) >= 11 is 6.38. The van der Waals surface area contributed by atoms with Crippen molar-refractivity contribution in [2.24, 2.45) is 12.8 Å². The molecular weight excluding hydrogens is 276 g/mol. The van der Waals surface area contributed by atoms with Gasteiger partial charge in [-0.3, -0.25) is 9.58 Å². The van der Waals surface area contributed by atoms with Crippen molar-refractivity contribution in [3.05, 3.63) is 16.4 Å². The Labute approximate surface area is 126 Å². The fraction of sp³-hybridized carbons (Fsp3) is 0.786. The number of halogens is 1. The molecule has 0 radical (unpaired) electrons. The summed E-state index contributed by atoms with van der Waals surface area (Å²) in [4.78, 5) is 2.37. The van der Waals surface area contributed by atoms with Crippen molar-refractivity contribution in [2.45, 2.75) is 38.8 Å². The molecule has 1 fully saturated rings. The van der Waals surface area contributed by atoms with Crippen molar-refractivity contribution in [3.8, 4) is 0 Å². The average Bonchev–Trinajstić information content (AvgIpc) is 2.74. The van der Waals surface area contributed by atoms with E-state index in [-0.39, 0.29) is 12.1 Å². The summed E-state index contributed by atoms with van der Waals surface area (Å²) < 4.78 is 7.67. The Hall–Kier alpha value is -0.620. The number of nitrogens with two attached hydrogens (primary N) is 1. The summed E-state index contributed by atoms with van der Waals surface area (Å²) in [6, 6.07) is -0.0537. The SMILES string of the molecule is CCc1nn(C)c(CC(N)C2CN(CC)CCO2)c1Cl. The molecule has 6 heteroatoms. The van der Waals surface area contributed by atoms with Crippen molar-refractivity contribution in [1.82, 2.24) is 14.7 Å². The van der Waals surface area contributed by atoms with Gasteiger partial charge >= 0.3 is 0 Å². The van der Waals surface area contributed by atoms with E-state index in [1.165, 1.54) is 0 Å². The van der Waals surface area contributed by atoms with Gasteiger partial charge in [0.25, 0.3) is 0 Å². The lowest BCUT2D eigenvalue weighted by molar-refractivity contribution is -0.0387. The van der Waals surface area contributed by atoms with Crippen molar-refractivity contribution < 1.29 is 4.74 Å². The fourth-order valence-corrected chi connectivity index (χ4v) is 3.05. The van der Waals surface area contributed by atoms with Crippen molar-refractivity contribution >= 4 is 11.6 Å². The highest BCUT2D eigenvalue weighted by molar-refractivity contribution is 6.31. The third-order valence-corrected chi connectivity index (χ3v) is 4.47. The lowest BCUT2D eigenvalue weighted by Crippen LogP contribution is -2.51. The monoisotopic (exact) mass is 300 g/mol. The Morgan fingerprint density at radius 1 is 1.50 bits per heavy atom. The van der Waals surface area contributed by atoms with Gasteiger partial charge in [0.15, 0.2) is 0 Å². The maximum absolute atomic E-state index is 6.38. The first-order valence-corrected chi connectivity index (χ1v) is 7.74. The van der Waals surface area contributed by atoms with Gasteiger partial charge in [0, 0.05) is 32.6 Å². The van der Waals surface area contributed by atoms with Gasteiger partial charge in [0.2, 0.25) is 0 Å². The van der Waals surface area contributed by atoms with E-state index < -0.39 is 0 Å². The molecule has 2 rings (SSSR count). The Balaban J connectivity index is 2.04. The summed E-state index contributed by atoms with van der Waals surface area (Å²) in [7, 11) is 1.92. The van der Waals surface area contributed by atoms with Crippen LogP contribution in [0.1, 0.15) is 25.2 Å². The first-order valence-electron chi connectivity index (χ1n) is 7.36. The highest BCUT2D eigenvalue weighted by atomic mass is 35.5. The van der Waals surface area contributed by atoms with Gasteiger partial charge < -0.3 is 10.5 Å². The topological polar surface area (TPSA) is 56.3 Å². The standard InChI is InChI=1S/C14H25ClN4O/c1-4-11-14(15)12(18(3)17-11)8-10(16)13-9-19(5-2)6-7-20-13/h10,13H,4-9,16H2,1-3H3. The number of morpholine rings is 1. The van der Waals surface area contributed by atoms with Crippen LogP contribution in [0, 0.1) is 0 Å². The molecule has 0 aliphatic carbocycles. The zero-order valence-electron chi connectivity index (χ0n) is 12.6. The molecule has 1 aromatic rings. The van der Waals surface area contributed by atoms with Crippen LogP contribution in [0.25, 0.3) is 0 Å². The van der Waals surface area contributed by atoms with Crippen molar-refractivity contribution in [3.63, 3.8) is 0 Å². The van der Waals surface area contributed by atoms with E-state index in [1.807, 2.05) is 11.7 Å². The third kappa shape index (κ3) is 3.34. The van der Waals surface area contributed by atoms with E-state index in [1.54, 1.807) is 0 Å². The number of likely N-dealkylation sites (N-methyl/N-ethyl adjacent to an activating group) is 1. The summed E-state index contributed by atoms with van der Waals surface area (Å²) in [6.07, 6.45) is 1.61. The van der Waals surface area contributed by atoms with Crippen LogP contribution in [0.15, 0.2) is 0 Å². The van der Waals surface area contributed by atoms with Crippen LogP contribution in [0.3, 0.4) is 0 Å². The number of hydrogen-bond acceptors (Lipinski definition) is 4. The van der Waals surface area contributed by atoms with Gasteiger partial charge in [-0.25, -0.2) is 0 Å². The first kappa shape index (κ1) is 15.8. The number of hydrogen-bond donors (Lipinski definition) is 1. The quantitative estimate of drug-likeness (QED) is 0.888. The van der Waals surface area contributed by atoms with Crippen LogP contribution in [0.4, 0.5) is 0 Å². The molecule has 5 nitrogen and oxygen atoms in total. The second-order valence-corrected chi connectivity index (χ2v) is 5.73. The Morgan fingerprint density at radius 2 is 2.25 bits per heavy atom. The predicted octanol–water partition coefficient (Wildman–Crippen LogP) is 1.23. The minimum Gasteiger partial charge on any atom is -0.374 e. The molecule has 2 unspecified atom stereocenters. The maximum Gasteiger partial charge on any atom is 0.0856 e. The van der Waals surface area contributed by atoms with Crippen molar-refractivity contribution in [1.29, 1.82) is 0 Å². The largest absolute Gasteiger partial charge is 0.374 e. The van der Waals surface area contributed by atoms with E-state index in [0.29, 0.717) is 6.42 Å². The molecule has 2 heterocycles. The average molecular weight is 301 g/mol.